The summed E-state index contributed by atoms with van der Waals surface area (Å²) in [6.07, 6.45) is 0. The summed E-state index contributed by atoms with van der Waals surface area (Å²) in [6, 6.07) is 15.4. The molecule has 1 amide bonds. The number of aromatic amines is 1. The Kier molecular flexibility index (Phi) is 7.78. The van der Waals surface area contributed by atoms with Gasteiger partial charge in [0.2, 0.25) is 5.91 Å². The van der Waals surface area contributed by atoms with Crippen LogP contribution in [0.5, 0.6) is 0 Å². The molecule has 9 heteroatoms. The lowest BCUT2D eigenvalue weighted by Gasteiger charge is -2.27. The van der Waals surface area contributed by atoms with Crippen LogP contribution in [0.25, 0.3) is 0 Å². The van der Waals surface area contributed by atoms with Crippen molar-refractivity contribution in [3.8, 4) is 0 Å². The Morgan fingerprint density at radius 3 is 2.36 bits per heavy atom. The Balaban J connectivity index is 1.88. The van der Waals surface area contributed by atoms with Crippen LogP contribution in [-0.4, -0.2) is 40.0 Å². The lowest BCUT2D eigenvalue weighted by molar-refractivity contribution is -0.119. The number of nitrogen functional groups attached to an aromatic ring is 1. The van der Waals surface area contributed by atoms with Gasteiger partial charge < -0.3 is 10.6 Å². The molecule has 0 spiro atoms. The third-order valence-electron chi connectivity index (χ3n) is 5.39. The van der Waals surface area contributed by atoms with Gasteiger partial charge in [-0.2, -0.15) is 0 Å². The van der Waals surface area contributed by atoms with E-state index in [4.69, 9.17) is 5.73 Å². The van der Waals surface area contributed by atoms with Crippen molar-refractivity contribution in [2.45, 2.75) is 26.9 Å². The number of carbonyl (C=O) groups excluding carboxylic acids is 1. The minimum atomic E-state index is -0.717. The second-order valence-electron chi connectivity index (χ2n) is 7.64. The van der Waals surface area contributed by atoms with Crippen molar-refractivity contribution in [1.82, 2.24) is 14.5 Å². The Morgan fingerprint density at radius 1 is 1.03 bits per heavy atom. The van der Waals surface area contributed by atoms with Crippen molar-refractivity contribution < 1.29 is 9.18 Å². The van der Waals surface area contributed by atoms with Crippen molar-refractivity contribution in [3.05, 3.63) is 92.4 Å². The fourth-order valence-corrected chi connectivity index (χ4v) is 3.67. The second-order valence-corrected chi connectivity index (χ2v) is 7.64. The third kappa shape index (κ3) is 5.75. The first-order chi connectivity index (χ1) is 15.8. The summed E-state index contributed by atoms with van der Waals surface area (Å²) in [5.41, 5.74) is 6.39. The summed E-state index contributed by atoms with van der Waals surface area (Å²) in [6.45, 7) is 4.87. The van der Waals surface area contributed by atoms with E-state index < -0.39 is 11.2 Å². The molecule has 0 atom stereocenters. The molecule has 0 radical (unpaired) electrons. The molecule has 33 heavy (non-hydrogen) atoms. The number of rotatable bonds is 9. The Bertz CT molecular complexity index is 1220. The number of hydrogen-bond donors (Lipinski definition) is 2. The molecular weight excluding hydrogens is 425 g/mol. The molecule has 0 fully saturated rings. The van der Waals surface area contributed by atoms with Gasteiger partial charge in [0, 0.05) is 13.1 Å². The minimum Gasteiger partial charge on any atom is -0.383 e. The largest absolute Gasteiger partial charge is 0.383 e. The highest BCUT2D eigenvalue weighted by atomic mass is 19.1. The van der Waals surface area contributed by atoms with Gasteiger partial charge in [-0.1, -0.05) is 49.4 Å². The summed E-state index contributed by atoms with van der Waals surface area (Å²) in [7, 11) is 0. The zero-order chi connectivity index (χ0) is 24.0. The maximum atomic E-state index is 13.5. The number of aromatic nitrogens is 2. The quantitative estimate of drug-likeness (QED) is 0.517. The highest BCUT2D eigenvalue weighted by molar-refractivity contribution is 5.96. The zero-order valence-corrected chi connectivity index (χ0v) is 18.8. The van der Waals surface area contributed by atoms with Crippen LogP contribution >= 0.6 is 0 Å². The fourth-order valence-electron chi connectivity index (χ4n) is 3.67. The van der Waals surface area contributed by atoms with Crippen LogP contribution in [0.2, 0.25) is 0 Å². The average Bonchev–Trinajstić information content (AvgIpc) is 2.79. The maximum Gasteiger partial charge on any atom is 0.330 e. The van der Waals surface area contributed by atoms with Gasteiger partial charge in [-0.25, -0.2) is 9.18 Å². The maximum absolute atomic E-state index is 13.5. The molecule has 3 aromatic rings. The van der Waals surface area contributed by atoms with E-state index in [1.807, 2.05) is 42.2 Å². The molecule has 8 nitrogen and oxygen atoms in total. The van der Waals surface area contributed by atoms with E-state index in [1.54, 1.807) is 19.1 Å². The SMILES string of the molecule is CCN(CC(=O)N(CC)c1c(N)n(Cc2ccccc2)c(=O)[nH]c1=O)Cc1cccc(F)c1. The fraction of sp³-hybridized carbons (Fsp3) is 0.292. The van der Waals surface area contributed by atoms with Gasteiger partial charge in [-0.15, -0.1) is 0 Å². The number of benzene rings is 2. The number of halogens is 1. The molecule has 0 aliphatic rings. The summed E-state index contributed by atoms with van der Waals surface area (Å²) in [5, 5.41) is 0. The van der Waals surface area contributed by atoms with Gasteiger partial charge >= 0.3 is 5.69 Å². The first kappa shape index (κ1) is 23.9. The van der Waals surface area contributed by atoms with Crippen LogP contribution < -0.4 is 21.9 Å². The Labute approximate surface area is 191 Å². The molecule has 0 aliphatic heterocycles. The van der Waals surface area contributed by atoms with E-state index in [2.05, 4.69) is 4.98 Å². The highest BCUT2D eigenvalue weighted by Gasteiger charge is 2.24. The predicted octanol–water partition coefficient (Wildman–Crippen LogP) is 2.18. The summed E-state index contributed by atoms with van der Waals surface area (Å²) < 4.78 is 14.8. The minimum absolute atomic E-state index is 0.00244. The molecule has 0 saturated carbocycles. The number of H-pyrrole nitrogens is 1. The monoisotopic (exact) mass is 453 g/mol. The average molecular weight is 454 g/mol. The highest BCUT2D eigenvalue weighted by Crippen LogP contribution is 2.18. The van der Waals surface area contributed by atoms with E-state index in [0.29, 0.717) is 13.1 Å². The summed E-state index contributed by atoms with van der Waals surface area (Å²) in [5.74, 6) is -0.765. The molecule has 2 aromatic carbocycles. The van der Waals surface area contributed by atoms with E-state index in [9.17, 15) is 18.8 Å². The molecule has 174 valence electrons. The number of hydrogen-bond acceptors (Lipinski definition) is 5. The van der Waals surface area contributed by atoms with Crippen LogP contribution in [0.1, 0.15) is 25.0 Å². The normalized spacial score (nSPS) is 11.0. The summed E-state index contributed by atoms with van der Waals surface area (Å²) in [4.78, 5) is 43.7. The number of carbonyl (C=O) groups is 1. The topological polar surface area (TPSA) is 104 Å². The molecule has 3 N–H and O–H groups in total. The van der Waals surface area contributed by atoms with Crippen molar-refractivity contribution in [2.75, 3.05) is 30.3 Å². The number of amides is 1. The van der Waals surface area contributed by atoms with Crippen LogP contribution in [0, 0.1) is 5.82 Å². The van der Waals surface area contributed by atoms with Crippen molar-refractivity contribution >= 4 is 17.4 Å². The molecule has 0 bridgehead atoms. The lowest BCUT2D eigenvalue weighted by atomic mass is 10.2. The molecular formula is C24H28FN5O3. The smallest absolute Gasteiger partial charge is 0.330 e. The second kappa shape index (κ2) is 10.7. The van der Waals surface area contributed by atoms with Crippen molar-refractivity contribution in [3.63, 3.8) is 0 Å². The number of anilines is 2. The molecule has 0 unspecified atom stereocenters. The number of nitrogens with one attached hydrogen (secondary N) is 1. The van der Waals surface area contributed by atoms with E-state index in [0.717, 1.165) is 11.1 Å². The van der Waals surface area contributed by atoms with Crippen LogP contribution in [0.3, 0.4) is 0 Å². The molecule has 0 saturated heterocycles. The van der Waals surface area contributed by atoms with Gasteiger partial charge in [0.1, 0.15) is 11.6 Å². The van der Waals surface area contributed by atoms with Crippen LogP contribution in [0.15, 0.2) is 64.2 Å². The van der Waals surface area contributed by atoms with E-state index in [1.165, 1.54) is 21.6 Å². The standard InChI is InChI=1S/C24H28FN5O3/c1-3-28(14-18-11-8-12-19(25)13-18)16-20(31)29(4-2)21-22(26)30(24(33)27-23(21)32)15-17-9-6-5-7-10-17/h5-13H,3-4,14-16,26H2,1-2H3,(H,27,32,33). The van der Waals surface area contributed by atoms with Crippen molar-refractivity contribution in [2.24, 2.45) is 0 Å². The third-order valence-corrected chi connectivity index (χ3v) is 5.39. The predicted molar refractivity (Wildman–Crippen MR) is 127 cm³/mol. The Morgan fingerprint density at radius 2 is 1.73 bits per heavy atom. The molecule has 0 aliphatic carbocycles. The van der Waals surface area contributed by atoms with E-state index >= 15 is 0 Å². The van der Waals surface area contributed by atoms with Crippen LogP contribution in [0.4, 0.5) is 15.9 Å². The number of nitrogens with two attached hydrogens (primary N) is 1. The zero-order valence-electron chi connectivity index (χ0n) is 18.8. The number of nitrogens with zero attached hydrogens (tertiary/aromatic N) is 3. The molecule has 1 heterocycles. The van der Waals surface area contributed by atoms with Crippen LogP contribution in [-0.2, 0) is 17.9 Å². The van der Waals surface area contributed by atoms with Gasteiger partial charge in [-0.3, -0.25) is 24.0 Å². The van der Waals surface area contributed by atoms with Gasteiger partial charge in [0.15, 0.2) is 5.69 Å². The molecule has 1 aromatic heterocycles. The Hall–Kier alpha value is -3.72. The van der Waals surface area contributed by atoms with Crippen molar-refractivity contribution in [1.29, 1.82) is 0 Å². The van der Waals surface area contributed by atoms with Gasteiger partial charge in [0.25, 0.3) is 5.56 Å². The summed E-state index contributed by atoms with van der Waals surface area (Å²) >= 11 is 0. The first-order valence-corrected chi connectivity index (χ1v) is 10.8. The molecule has 3 rings (SSSR count). The van der Waals surface area contributed by atoms with Gasteiger partial charge in [0.05, 0.1) is 13.1 Å². The lowest BCUT2D eigenvalue weighted by Crippen LogP contribution is -2.45. The first-order valence-electron chi connectivity index (χ1n) is 10.8. The van der Waals surface area contributed by atoms with Gasteiger partial charge in [-0.05, 0) is 36.7 Å². The van der Waals surface area contributed by atoms with E-state index in [-0.39, 0.29) is 42.9 Å². The number of likely N-dealkylation sites (N-methyl/N-ethyl adjacent to an activating group) is 2.